The largest absolute Gasteiger partial charge is 0.493 e. The Hall–Kier alpha value is -3.96. The van der Waals surface area contributed by atoms with E-state index in [4.69, 9.17) is 4.74 Å². The minimum atomic E-state index is -0.278. The van der Waals surface area contributed by atoms with Crippen molar-refractivity contribution in [3.8, 4) is 33.5 Å². The summed E-state index contributed by atoms with van der Waals surface area (Å²) in [5, 5.41) is 23.5. The smallest absolute Gasteiger partial charge is 0.275 e. The van der Waals surface area contributed by atoms with Gasteiger partial charge >= 0.3 is 0 Å². The van der Waals surface area contributed by atoms with Crippen LogP contribution in [0.2, 0.25) is 0 Å². The summed E-state index contributed by atoms with van der Waals surface area (Å²) < 4.78 is 8.73. The number of thiophene rings is 1. The number of aryl methyl sites for hydroxylation is 2. The molecule has 0 radical (unpaired) electrons. The van der Waals surface area contributed by atoms with E-state index in [-0.39, 0.29) is 5.56 Å². The summed E-state index contributed by atoms with van der Waals surface area (Å²) in [7, 11) is 1.87. The zero-order valence-corrected chi connectivity index (χ0v) is 19.3. The van der Waals surface area contributed by atoms with E-state index in [2.05, 4.69) is 21.4 Å². The second kappa shape index (κ2) is 8.19. The first-order valence-electron chi connectivity index (χ1n) is 10.7. The summed E-state index contributed by atoms with van der Waals surface area (Å²) in [5.41, 5.74) is 3.73. The lowest BCUT2D eigenvalue weighted by Crippen LogP contribution is -2.12. The predicted molar refractivity (Wildman–Crippen MR) is 131 cm³/mol. The minimum Gasteiger partial charge on any atom is -0.493 e. The summed E-state index contributed by atoms with van der Waals surface area (Å²) in [6.45, 7) is 4.32. The SMILES string of the molecule is CCOc1cc(-c2cnn(C)c2-c2sc3ccccc3c2C#N)cc2c(CC)n[nH]c(=O)c12. The first-order valence-corrected chi connectivity index (χ1v) is 11.5. The number of nitrogens with zero attached hydrogens (tertiary/aromatic N) is 4. The molecule has 0 amide bonds. The molecule has 3 aromatic heterocycles. The predicted octanol–water partition coefficient (Wildman–Crippen LogP) is 5.04. The van der Waals surface area contributed by atoms with Crippen molar-refractivity contribution in [2.75, 3.05) is 6.61 Å². The highest BCUT2D eigenvalue weighted by Crippen LogP contribution is 2.43. The number of hydrogen-bond acceptors (Lipinski definition) is 6. The van der Waals surface area contributed by atoms with Crippen molar-refractivity contribution >= 4 is 32.2 Å². The van der Waals surface area contributed by atoms with Gasteiger partial charge in [-0.1, -0.05) is 25.1 Å². The molecular weight excluding hydrogens is 434 g/mol. The van der Waals surface area contributed by atoms with Crippen LogP contribution in [-0.4, -0.2) is 26.6 Å². The van der Waals surface area contributed by atoms with Gasteiger partial charge in [-0.3, -0.25) is 9.48 Å². The minimum absolute atomic E-state index is 0.278. The molecule has 0 fully saturated rings. The second-order valence-corrected chi connectivity index (χ2v) is 8.68. The summed E-state index contributed by atoms with van der Waals surface area (Å²) in [5.74, 6) is 0.509. The Morgan fingerprint density at radius 3 is 2.79 bits per heavy atom. The Morgan fingerprint density at radius 2 is 2.03 bits per heavy atom. The molecule has 3 heterocycles. The molecule has 8 heteroatoms. The molecule has 0 aliphatic heterocycles. The molecule has 0 bridgehead atoms. The number of ether oxygens (including phenoxy) is 1. The highest BCUT2D eigenvalue weighted by Gasteiger charge is 2.22. The molecule has 0 spiro atoms. The third-order valence-corrected chi connectivity index (χ3v) is 6.92. The molecule has 5 rings (SSSR count). The van der Waals surface area contributed by atoms with E-state index in [1.165, 1.54) is 0 Å². The summed E-state index contributed by atoms with van der Waals surface area (Å²) in [6, 6.07) is 14.1. The van der Waals surface area contributed by atoms with Gasteiger partial charge in [0.1, 0.15) is 11.8 Å². The van der Waals surface area contributed by atoms with E-state index in [0.29, 0.717) is 29.7 Å². The van der Waals surface area contributed by atoms with E-state index in [0.717, 1.165) is 42.9 Å². The molecule has 0 aliphatic rings. The number of nitrogens with one attached hydrogen (secondary N) is 1. The highest BCUT2D eigenvalue weighted by atomic mass is 32.1. The van der Waals surface area contributed by atoms with Crippen LogP contribution in [0.4, 0.5) is 0 Å². The van der Waals surface area contributed by atoms with E-state index in [1.54, 1.807) is 22.2 Å². The molecule has 0 aliphatic carbocycles. The molecule has 1 N–H and O–H groups in total. The van der Waals surface area contributed by atoms with Gasteiger partial charge in [0.15, 0.2) is 0 Å². The van der Waals surface area contributed by atoms with Crippen molar-refractivity contribution in [3.05, 3.63) is 64.2 Å². The number of aromatic nitrogens is 4. The number of hydrogen-bond donors (Lipinski definition) is 1. The molecule has 0 saturated heterocycles. The third kappa shape index (κ3) is 3.29. The first-order chi connectivity index (χ1) is 16.1. The molecule has 5 aromatic rings. The van der Waals surface area contributed by atoms with Gasteiger partial charge in [0, 0.05) is 28.1 Å². The lowest BCUT2D eigenvalue weighted by Gasteiger charge is -2.12. The second-order valence-electron chi connectivity index (χ2n) is 7.63. The first kappa shape index (κ1) is 20.9. The van der Waals surface area contributed by atoms with Crippen molar-refractivity contribution < 1.29 is 4.74 Å². The lowest BCUT2D eigenvalue weighted by atomic mass is 9.98. The zero-order chi connectivity index (χ0) is 23.1. The maximum absolute atomic E-state index is 12.6. The van der Waals surface area contributed by atoms with Gasteiger partial charge in [0.05, 0.1) is 40.0 Å². The Morgan fingerprint density at radius 1 is 1.21 bits per heavy atom. The van der Waals surface area contributed by atoms with E-state index >= 15 is 0 Å². The Balaban J connectivity index is 1.83. The Labute approximate surface area is 193 Å². The van der Waals surface area contributed by atoms with Gasteiger partial charge in [0.2, 0.25) is 0 Å². The highest BCUT2D eigenvalue weighted by molar-refractivity contribution is 7.22. The van der Waals surface area contributed by atoms with Gasteiger partial charge in [-0.25, -0.2) is 5.10 Å². The van der Waals surface area contributed by atoms with Crippen molar-refractivity contribution in [3.63, 3.8) is 0 Å². The van der Waals surface area contributed by atoms with Gasteiger partial charge in [-0.2, -0.15) is 15.5 Å². The van der Waals surface area contributed by atoms with E-state index in [9.17, 15) is 10.1 Å². The number of H-pyrrole nitrogens is 1. The fourth-order valence-corrected chi connectivity index (χ4v) is 5.49. The van der Waals surface area contributed by atoms with Crippen LogP contribution in [0.3, 0.4) is 0 Å². The van der Waals surface area contributed by atoms with Crippen LogP contribution >= 0.6 is 11.3 Å². The fraction of sp³-hybridized carbons (Fsp3) is 0.200. The van der Waals surface area contributed by atoms with Gasteiger partial charge in [-0.15, -0.1) is 11.3 Å². The monoisotopic (exact) mass is 455 g/mol. The molecule has 164 valence electrons. The van der Waals surface area contributed by atoms with Gasteiger partial charge in [-0.05, 0) is 37.1 Å². The Kier molecular flexibility index (Phi) is 5.19. The van der Waals surface area contributed by atoms with Crippen LogP contribution in [0, 0.1) is 11.3 Å². The molecule has 7 nitrogen and oxygen atoms in total. The summed E-state index contributed by atoms with van der Waals surface area (Å²) >= 11 is 1.58. The molecule has 0 unspecified atom stereocenters. The third-order valence-electron chi connectivity index (χ3n) is 5.74. The summed E-state index contributed by atoms with van der Waals surface area (Å²) in [6.07, 6.45) is 2.46. The van der Waals surface area contributed by atoms with Crippen LogP contribution < -0.4 is 10.3 Å². The number of rotatable bonds is 5. The number of aromatic amines is 1. The standard InChI is InChI=1S/C25H21N5O2S/c1-4-19-16-10-14(11-20(32-5-2)22(16)25(31)29-28-19)18-13-27-30(3)23(18)24-17(12-26)15-8-6-7-9-21(15)33-24/h6-11,13H,4-5H2,1-3H3,(H,29,31). The van der Waals surface area contributed by atoms with Crippen LogP contribution in [0.5, 0.6) is 5.75 Å². The lowest BCUT2D eigenvalue weighted by molar-refractivity contribution is 0.344. The quantitative estimate of drug-likeness (QED) is 0.401. The maximum Gasteiger partial charge on any atom is 0.275 e. The number of fused-ring (bicyclic) bond motifs is 2. The average Bonchev–Trinajstić information content (AvgIpc) is 3.38. The van der Waals surface area contributed by atoms with Crippen LogP contribution in [0.15, 0.2) is 47.4 Å². The topological polar surface area (TPSA) is 96.6 Å². The molecule has 0 atom stereocenters. The van der Waals surface area contributed by atoms with Gasteiger partial charge in [0.25, 0.3) is 5.56 Å². The van der Waals surface area contributed by atoms with Crippen molar-refractivity contribution in [2.45, 2.75) is 20.3 Å². The van der Waals surface area contributed by atoms with Crippen molar-refractivity contribution in [1.82, 2.24) is 20.0 Å². The van der Waals surface area contributed by atoms with E-state index < -0.39 is 0 Å². The zero-order valence-electron chi connectivity index (χ0n) is 18.5. The number of nitriles is 1. The molecule has 2 aromatic carbocycles. The fourth-order valence-electron chi connectivity index (χ4n) is 4.25. The Bertz CT molecular complexity index is 1620. The maximum atomic E-state index is 12.6. The van der Waals surface area contributed by atoms with Crippen molar-refractivity contribution in [1.29, 1.82) is 5.26 Å². The molecule has 0 saturated carbocycles. The molecular formula is C25H21N5O2S. The van der Waals surface area contributed by atoms with Gasteiger partial charge < -0.3 is 4.74 Å². The van der Waals surface area contributed by atoms with Crippen LogP contribution in [0.25, 0.3) is 42.6 Å². The van der Waals surface area contributed by atoms with Crippen LogP contribution in [0.1, 0.15) is 25.1 Å². The summed E-state index contributed by atoms with van der Waals surface area (Å²) in [4.78, 5) is 13.5. The van der Waals surface area contributed by atoms with E-state index in [1.807, 2.05) is 57.3 Å². The normalized spacial score (nSPS) is 11.2. The molecule has 33 heavy (non-hydrogen) atoms. The number of benzene rings is 2. The van der Waals surface area contributed by atoms with Crippen molar-refractivity contribution in [2.24, 2.45) is 7.05 Å². The van der Waals surface area contributed by atoms with Crippen LogP contribution in [-0.2, 0) is 13.5 Å². The average molecular weight is 456 g/mol.